The van der Waals surface area contributed by atoms with Gasteiger partial charge < -0.3 is 15.4 Å². The summed E-state index contributed by atoms with van der Waals surface area (Å²) < 4.78 is 4.62. The van der Waals surface area contributed by atoms with Gasteiger partial charge in [-0.15, -0.1) is 0 Å². The number of methoxy groups -OCH3 is 1. The Morgan fingerprint density at radius 2 is 1.59 bits per heavy atom. The van der Waals surface area contributed by atoms with Crippen LogP contribution < -0.4 is 10.6 Å². The normalized spacial score (nSPS) is 10.4. The molecule has 2 aromatic carbocycles. The summed E-state index contributed by atoms with van der Waals surface area (Å²) >= 11 is 0. The first-order chi connectivity index (χ1) is 12.8. The molecule has 0 saturated carbocycles. The molecule has 27 heavy (non-hydrogen) atoms. The van der Waals surface area contributed by atoms with Crippen LogP contribution in [0.2, 0.25) is 0 Å². The van der Waals surface area contributed by atoms with Gasteiger partial charge in [-0.25, -0.2) is 4.79 Å². The van der Waals surface area contributed by atoms with Gasteiger partial charge in [0.05, 0.1) is 12.7 Å². The number of carbonyl (C=O) groups is 3. The van der Waals surface area contributed by atoms with E-state index in [4.69, 9.17) is 0 Å². The van der Waals surface area contributed by atoms with Gasteiger partial charge in [0, 0.05) is 11.4 Å². The monoisotopic (exact) mass is 368 g/mol. The van der Waals surface area contributed by atoms with E-state index in [-0.39, 0.29) is 18.2 Å². The number of hydrogen-bond acceptors (Lipinski definition) is 4. The van der Waals surface area contributed by atoms with Gasteiger partial charge in [-0.3, -0.25) is 9.59 Å². The molecule has 0 fully saturated rings. The third-order valence-corrected chi connectivity index (χ3v) is 4.10. The molecule has 6 heteroatoms. The molecule has 2 amide bonds. The lowest BCUT2D eigenvalue weighted by Crippen LogP contribution is -2.22. The molecular weight excluding hydrogens is 344 g/mol. The predicted octanol–water partition coefficient (Wildman–Crippen LogP) is 3.87. The number of hydrogen-bond donors (Lipinski definition) is 2. The van der Waals surface area contributed by atoms with E-state index in [0.717, 1.165) is 16.8 Å². The van der Waals surface area contributed by atoms with Crippen LogP contribution in [0.4, 0.5) is 11.4 Å². The number of carbonyl (C=O) groups excluding carboxylic acids is 3. The topological polar surface area (TPSA) is 84.5 Å². The van der Waals surface area contributed by atoms with Gasteiger partial charge in [0.25, 0.3) is 0 Å². The van der Waals surface area contributed by atoms with Gasteiger partial charge in [0.1, 0.15) is 6.42 Å². The van der Waals surface area contributed by atoms with E-state index in [2.05, 4.69) is 29.2 Å². The van der Waals surface area contributed by atoms with Crippen LogP contribution in [-0.4, -0.2) is 24.9 Å². The molecule has 2 aromatic rings. The molecule has 0 unspecified atom stereocenters. The Morgan fingerprint density at radius 1 is 0.963 bits per heavy atom. The Balaban J connectivity index is 1.98. The number of nitrogens with one attached hydrogen (secondary N) is 2. The van der Waals surface area contributed by atoms with E-state index in [9.17, 15) is 14.4 Å². The molecule has 0 aromatic heterocycles. The zero-order valence-electron chi connectivity index (χ0n) is 16.0. The van der Waals surface area contributed by atoms with Crippen molar-refractivity contribution in [1.29, 1.82) is 0 Å². The maximum Gasteiger partial charge on any atom is 0.337 e. The summed E-state index contributed by atoms with van der Waals surface area (Å²) in [6.07, 6.45) is -0.301. The van der Waals surface area contributed by atoms with Crippen molar-refractivity contribution < 1.29 is 19.1 Å². The number of benzene rings is 2. The van der Waals surface area contributed by atoms with Gasteiger partial charge in [-0.05, 0) is 48.2 Å². The molecule has 0 saturated heterocycles. The first-order valence-corrected chi connectivity index (χ1v) is 8.69. The molecule has 2 rings (SSSR count). The highest BCUT2D eigenvalue weighted by molar-refractivity contribution is 6.08. The molecular formula is C21H24N2O4. The van der Waals surface area contributed by atoms with Gasteiger partial charge in [0.2, 0.25) is 11.8 Å². The van der Waals surface area contributed by atoms with Crippen LogP contribution in [0.25, 0.3) is 0 Å². The second kappa shape index (κ2) is 8.98. The van der Waals surface area contributed by atoms with Crippen LogP contribution in [-0.2, 0) is 14.3 Å². The third-order valence-electron chi connectivity index (χ3n) is 4.10. The van der Waals surface area contributed by atoms with Crippen molar-refractivity contribution in [2.45, 2.75) is 33.1 Å². The minimum Gasteiger partial charge on any atom is -0.465 e. The fourth-order valence-corrected chi connectivity index (χ4v) is 2.68. The second-order valence-corrected chi connectivity index (χ2v) is 6.54. The lowest BCUT2D eigenvalue weighted by atomic mass is 9.98. The zero-order valence-corrected chi connectivity index (χ0v) is 16.0. The molecule has 0 aliphatic carbocycles. The first kappa shape index (κ1) is 20.2. The highest BCUT2D eigenvalue weighted by atomic mass is 16.5. The number of anilines is 2. The van der Waals surface area contributed by atoms with E-state index in [1.165, 1.54) is 7.11 Å². The third kappa shape index (κ3) is 5.41. The minimum absolute atomic E-state index is 0.252. The lowest BCUT2D eigenvalue weighted by Gasteiger charge is -2.16. The van der Waals surface area contributed by atoms with Crippen molar-refractivity contribution in [2.75, 3.05) is 17.7 Å². The molecule has 0 aliphatic rings. The molecule has 6 nitrogen and oxygen atoms in total. The highest BCUT2D eigenvalue weighted by Gasteiger charge is 2.15. The molecule has 0 heterocycles. The molecule has 0 radical (unpaired) electrons. The van der Waals surface area contributed by atoms with E-state index < -0.39 is 11.9 Å². The van der Waals surface area contributed by atoms with Crippen LogP contribution in [0, 0.1) is 6.92 Å². The van der Waals surface area contributed by atoms with Crippen LogP contribution in [0.1, 0.15) is 47.7 Å². The molecule has 0 spiro atoms. The van der Waals surface area contributed by atoms with Crippen LogP contribution in [0.15, 0.2) is 42.5 Å². The van der Waals surface area contributed by atoms with E-state index >= 15 is 0 Å². The summed E-state index contributed by atoms with van der Waals surface area (Å²) in [6, 6.07) is 12.1. The summed E-state index contributed by atoms with van der Waals surface area (Å²) in [7, 11) is 1.30. The van der Waals surface area contributed by atoms with Crippen molar-refractivity contribution in [3.8, 4) is 0 Å². The van der Waals surface area contributed by atoms with Crippen LogP contribution in [0.5, 0.6) is 0 Å². The Kier molecular flexibility index (Phi) is 6.71. The summed E-state index contributed by atoms with van der Waals surface area (Å²) in [5.41, 5.74) is 3.62. The fourth-order valence-electron chi connectivity index (χ4n) is 2.68. The maximum atomic E-state index is 12.3. The van der Waals surface area contributed by atoms with Crippen molar-refractivity contribution in [3.63, 3.8) is 0 Å². The number of amides is 2. The average molecular weight is 368 g/mol. The fraction of sp³-hybridized carbons (Fsp3) is 0.286. The van der Waals surface area contributed by atoms with E-state index in [0.29, 0.717) is 11.3 Å². The summed E-state index contributed by atoms with van der Waals surface area (Å²) in [5, 5.41) is 5.49. The molecule has 0 aliphatic heterocycles. The molecule has 0 bridgehead atoms. The average Bonchev–Trinajstić information content (AvgIpc) is 2.63. The summed E-state index contributed by atoms with van der Waals surface area (Å²) in [5.74, 6) is -1.01. The SMILES string of the molecule is COC(=O)c1ccc(NC(=O)CC(=O)Nc2c(C)cccc2C(C)C)cc1. The lowest BCUT2D eigenvalue weighted by molar-refractivity contribution is -0.123. The summed E-state index contributed by atoms with van der Waals surface area (Å²) in [4.78, 5) is 35.8. The number of aryl methyl sites for hydroxylation is 1. The van der Waals surface area contributed by atoms with Gasteiger partial charge in [0.15, 0.2) is 0 Å². The van der Waals surface area contributed by atoms with E-state index in [1.807, 2.05) is 25.1 Å². The first-order valence-electron chi connectivity index (χ1n) is 8.69. The summed E-state index contributed by atoms with van der Waals surface area (Å²) in [6.45, 7) is 6.02. The Morgan fingerprint density at radius 3 is 2.19 bits per heavy atom. The van der Waals surface area contributed by atoms with E-state index in [1.54, 1.807) is 24.3 Å². The van der Waals surface area contributed by atoms with Gasteiger partial charge in [-0.1, -0.05) is 32.0 Å². The maximum absolute atomic E-state index is 12.3. The number of para-hydroxylation sites is 1. The Labute approximate surface area is 158 Å². The van der Waals surface area contributed by atoms with Crippen LogP contribution in [0.3, 0.4) is 0 Å². The van der Waals surface area contributed by atoms with Crippen molar-refractivity contribution in [1.82, 2.24) is 0 Å². The minimum atomic E-state index is -0.452. The predicted molar refractivity (Wildman–Crippen MR) is 105 cm³/mol. The smallest absolute Gasteiger partial charge is 0.337 e. The van der Waals surface area contributed by atoms with Crippen LogP contribution >= 0.6 is 0 Å². The second-order valence-electron chi connectivity index (χ2n) is 6.54. The number of rotatable bonds is 6. The highest BCUT2D eigenvalue weighted by Crippen LogP contribution is 2.27. The standard InChI is InChI=1S/C21H24N2O4/c1-13(2)17-7-5-6-14(3)20(17)23-19(25)12-18(24)22-16-10-8-15(9-11-16)21(26)27-4/h5-11,13H,12H2,1-4H3,(H,22,24)(H,23,25). The van der Waals surface area contributed by atoms with Crippen molar-refractivity contribution >= 4 is 29.2 Å². The van der Waals surface area contributed by atoms with Gasteiger partial charge in [-0.2, -0.15) is 0 Å². The molecule has 142 valence electrons. The molecule has 2 N–H and O–H groups in total. The Hall–Kier alpha value is -3.15. The largest absolute Gasteiger partial charge is 0.465 e. The molecule has 0 atom stereocenters. The zero-order chi connectivity index (χ0) is 20.0. The Bertz CT molecular complexity index is 842. The van der Waals surface area contributed by atoms with Crippen molar-refractivity contribution in [2.24, 2.45) is 0 Å². The number of ether oxygens (including phenoxy) is 1. The quantitative estimate of drug-likeness (QED) is 0.599. The van der Waals surface area contributed by atoms with Crippen molar-refractivity contribution in [3.05, 3.63) is 59.2 Å². The number of esters is 1. The van der Waals surface area contributed by atoms with Gasteiger partial charge >= 0.3 is 5.97 Å².